The first-order chi connectivity index (χ1) is 15.9. The van der Waals surface area contributed by atoms with Gasteiger partial charge in [0, 0.05) is 44.9 Å². The number of oxazole rings is 1. The van der Waals surface area contributed by atoms with E-state index in [1.807, 2.05) is 36.2 Å². The Kier molecular flexibility index (Phi) is 5.43. The average molecular weight is 466 g/mol. The molecule has 5 rings (SSSR count). The third kappa shape index (κ3) is 4.24. The van der Waals surface area contributed by atoms with Gasteiger partial charge in [0.25, 0.3) is 0 Å². The number of aromatic nitrogens is 5. The average Bonchev–Trinajstić information content (AvgIpc) is 3.48. The van der Waals surface area contributed by atoms with Gasteiger partial charge in [-0.3, -0.25) is 0 Å². The Labute approximate surface area is 191 Å². The first-order valence-electron chi connectivity index (χ1n) is 10.5. The van der Waals surface area contributed by atoms with E-state index >= 15 is 0 Å². The van der Waals surface area contributed by atoms with Crippen molar-refractivity contribution in [2.45, 2.75) is 18.7 Å². The lowest BCUT2D eigenvalue weighted by Crippen LogP contribution is -2.49. The topological polar surface area (TPSA) is 110 Å². The van der Waals surface area contributed by atoms with Gasteiger partial charge in [-0.15, -0.1) is 10.2 Å². The van der Waals surface area contributed by atoms with Gasteiger partial charge in [-0.25, -0.2) is 18.1 Å². The van der Waals surface area contributed by atoms with E-state index in [2.05, 4.69) is 20.3 Å². The molecule has 0 aliphatic carbocycles. The van der Waals surface area contributed by atoms with E-state index in [9.17, 15) is 8.42 Å². The van der Waals surface area contributed by atoms with Crippen molar-refractivity contribution in [3.63, 3.8) is 0 Å². The van der Waals surface area contributed by atoms with E-state index in [-0.39, 0.29) is 4.90 Å². The molecule has 1 aliphatic rings. The predicted octanol–water partition coefficient (Wildman–Crippen LogP) is 2.45. The summed E-state index contributed by atoms with van der Waals surface area (Å²) < 4.78 is 34.7. The molecule has 0 atom stereocenters. The minimum absolute atomic E-state index is 0.263. The molecule has 33 heavy (non-hydrogen) atoms. The molecule has 1 fully saturated rings. The Bertz CT molecular complexity index is 1350. The van der Waals surface area contributed by atoms with E-state index in [1.54, 1.807) is 42.1 Å². The van der Waals surface area contributed by atoms with Gasteiger partial charge < -0.3 is 9.32 Å². The zero-order valence-electron chi connectivity index (χ0n) is 18.3. The van der Waals surface area contributed by atoms with Crippen LogP contribution >= 0.6 is 0 Å². The molecule has 0 N–H and O–H groups in total. The molecule has 1 saturated heterocycles. The van der Waals surface area contributed by atoms with Gasteiger partial charge in [-0.05, 0) is 37.3 Å². The Morgan fingerprint density at radius 3 is 2.15 bits per heavy atom. The molecule has 1 aromatic carbocycles. The second-order valence-electron chi connectivity index (χ2n) is 7.82. The highest BCUT2D eigenvalue weighted by atomic mass is 32.2. The van der Waals surface area contributed by atoms with Gasteiger partial charge >= 0.3 is 0 Å². The van der Waals surface area contributed by atoms with Crippen molar-refractivity contribution in [3.05, 3.63) is 66.5 Å². The van der Waals surface area contributed by atoms with Crippen LogP contribution in [0.2, 0.25) is 0 Å². The van der Waals surface area contributed by atoms with Crippen LogP contribution in [0.25, 0.3) is 17.1 Å². The maximum absolute atomic E-state index is 13.1. The first kappa shape index (κ1) is 21.3. The first-order valence-corrected chi connectivity index (χ1v) is 12.0. The summed E-state index contributed by atoms with van der Waals surface area (Å²) in [4.78, 5) is 6.57. The van der Waals surface area contributed by atoms with Crippen molar-refractivity contribution in [3.8, 4) is 17.1 Å². The molecule has 170 valence electrons. The van der Waals surface area contributed by atoms with E-state index in [0.717, 1.165) is 11.3 Å². The number of aryl methyl sites for hydroxylation is 2. The summed E-state index contributed by atoms with van der Waals surface area (Å²) >= 11 is 0. The van der Waals surface area contributed by atoms with Gasteiger partial charge in [0.15, 0.2) is 17.5 Å². The van der Waals surface area contributed by atoms with Crippen LogP contribution in [0, 0.1) is 13.8 Å². The summed E-state index contributed by atoms with van der Waals surface area (Å²) in [5, 5.41) is 12.9. The third-order valence-electron chi connectivity index (χ3n) is 5.56. The molecule has 0 unspecified atom stereocenters. The van der Waals surface area contributed by atoms with Crippen molar-refractivity contribution >= 4 is 15.8 Å². The number of hydrogen-bond acceptors (Lipinski definition) is 8. The van der Waals surface area contributed by atoms with Crippen molar-refractivity contribution in [1.82, 2.24) is 29.3 Å². The summed E-state index contributed by atoms with van der Waals surface area (Å²) in [5.74, 6) is 1.92. The van der Waals surface area contributed by atoms with Crippen molar-refractivity contribution in [1.29, 1.82) is 0 Å². The lowest BCUT2D eigenvalue weighted by atomic mass is 10.2. The van der Waals surface area contributed by atoms with Gasteiger partial charge in [0.1, 0.15) is 12.0 Å². The van der Waals surface area contributed by atoms with Crippen molar-refractivity contribution in [2.75, 3.05) is 31.1 Å². The number of nitrogens with zero attached hydrogens (tertiary/aromatic N) is 7. The number of hydrogen-bond donors (Lipinski definition) is 0. The highest BCUT2D eigenvalue weighted by Crippen LogP contribution is 2.24. The molecular weight excluding hydrogens is 442 g/mol. The molecule has 4 heterocycles. The zero-order chi connectivity index (χ0) is 23.0. The quantitative estimate of drug-likeness (QED) is 0.442. The van der Waals surface area contributed by atoms with Gasteiger partial charge in [0.05, 0.1) is 10.6 Å². The number of benzene rings is 1. The van der Waals surface area contributed by atoms with Crippen LogP contribution < -0.4 is 4.90 Å². The number of piperazine rings is 1. The summed E-state index contributed by atoms with van der Waals surface area (Å²) in [6, 6.07) is 12.4. The molecule has 0 saturated carbocycles. The molecule has 10 nitrogen and oxygen atoms in total. The van der Waals surface area contributed by atoms with E-state index in [4.69, 9.17) is 4.42 Å². The van der Waals surface area contributed by atoms with E-state index in [1.165, 1.54) is 4.31 Å². The smallest absolute Gasteiger partial charge is 0.243 e. The fraction of sp³-hybridized carbons (Fsp3) is 0.273. The Balaban J connectivity index is 1.24. The van der Waals surface area contributed by atoms with Gasteiger partial charge in [-0.1, -0.05) is 12.1 Å². The molecule has 11 heteroatoms. The number of anilines is 1. The fourth-order valence-electron chi connectivity index (χ4n) is 3.75. The van der Waals surface area contributed by atoms with Gasteiger partial charge in [-0.2, -0.15) is 9.40 Å². The lowest BCUT2D eigenvalue weighted by molar-refractivity contribution is 0.383. The standard InChI is InChI=1S/C22H23N7O3S/c1-16-9-10-29(26-16)22-8-7-21(24-25-22)27-11-13-28(14-12-27)33(30,31)19-5-3-18(4-6-19)20-15-32-17(2)23-20/h3-10,15H,11-14H2,1-2H3. The monoisotopic (exact) mass is 465 g/mol. The van der Waals surface area contributed by atoms with Crippen LogP contribution in [0.4, 0.5) is 5.82 Å². The second-order valence-corrected chi connectivity index (χ2v) is 9.76. The minimum atomic E-state index is -3.59. The molecule has 3 aromatic heterocycles. The predicted molar refractivity (Wildman–Crippen MR) is 122 cm³/mol. The third-order valence-corrected chi connectivity index (χ3v) is 7.48. The van der Waals surface area contributed by atoms with Gasteiger partial charge in [0.2, 0.25) is 10.0 Å². The molecular formula is C22H23N7O3S. The molecule has 0 spiro atoms. The minimum Gasteiger partial charge on any atom is -0.449 e. The Morgan fingerprint density at radius 2 is 1.58 bits per heavy atom. The maximum Gasteiger partial charge on any atom is 0.243 e. The number of sulfonamides is 1. The summed E-state index contributed by atoms with van der Waals surface area (Å²) in [7, 11) is -3.59. The van der Waals surface area contributed by atoms with Crippen LogP contribution in [0.1, 0.15) is 11.6 Å². The largest absolute Gasteiger partial charge is 0.449 e. The van der Waals surface area contributed by atoms with E-state index in [0.29, 0.717) is 49.4 Å². The van der Waals surface area contributed by atoms with Crippen LogP contribution in [0.15, 0.2) is 64.2 Å². The fourth-order valence-corrected chi connectivity index (χ4v) is 5.17. The molecule has 4 aromatic rings. The highest BCUT2D eigenvalue weighted by molar-refractivity contribution is 7.89. The van der Waals surface area contributed by atoms with Crippen molar-refractivity contribution < 1.29 is 12.8 Å². The number of rotatable bonds is 5. The zero-order valence-corrected chi connectivity index (χ0v) is 19.1. The highest BCUT2D eigenvalue weighted by Gasteiger charge is 2.29. The molecule has 1 aliphatic heterocycles. The second kappa shape index (κ2) is 8.41. The molecule has 0 bridgehead atoms. The van der Waals surface area contributed by atoms with Crippen LogP contribution in [0.5, 0.6) is 0 Å². The summed E-state index contributed by atoms with van der Waals surface area (Å²) in [6.07, 6.45) is 3.39. The summed E-state index contributed by atoms with van der Waals surface area (Å²) in [6.45, 7) is 5.48. The van der Waals surface area contributed by atoms with Crippen LogP contribution in [-0.4, -0.2) is 63.9 Å². The lowest BCUT2D eigenvalue weighted by Gasteiger charge is -2.34. The summed E-state index contributed by atoms with van der Waals surface area (Å²) in [5.41, 5.74) is 2.39. The SMILES string of the molecule is Cc1ccn(-c2ccc(N3CCN(S(=O)(=O)c4ccc(-c5coc(C)n5)cc4)CC3)nn2)n1. The Morgan fingerprint density at radius 1 is 0.879 bits per heavy atom. The Hall–Kier alpha value is -3.57. The molecule has 0 radical (unpaired) electrons. The van der Waals surface area contributed by atoms with Crippen molar-refractivity contribution in [2.24, 2.45) is 0 Å². The normalized spacial score (nSPS) is 15.2. The van der Waals surface area contributed by atoms with Crippen LogP contribution in [-0.2, 0) is 10.0 Å². The maximum atomic E-state index is 13.1. The van der Waals surface area contributed by atoms with E-state index < -0.39 is 10.0 Å². The van der Waals surface area contributed by atoms with Crippen LogP contribution in [0.3, 0.4) is 0 Å². The molecule has 0 amide bonds.